The quantitative estimate of drug-likeness (QED) is 0.441. The van der Waals surface area contributed by atoms with Gasteiger partial charge in [0.25, 0.3) is 11.8 Å². The average molecular weight is 468 g/mol. The van der Waals surface area contributed by atoms with E-state index < -0.39 is 17.9 Å². The van der Waals surface area contributed by atoms with Crippen molar-refractivity contribution in [3.63, 3.8) is 0 Å². The van der Waals surface area contributed by atoms with Crippen LogP contribution < -0.4 is 21.5 Å². The van der Waals surface area contributed by atoms with Crippen LogP contribution in [0.3, 0.4) is 0 Å². The second kappa shape index (κ2) is 10.6. The number of nitrogens with one attached hydrogen (secondary N) is 1. The summed E-state index contributed by atoms with van der Waals surface area (Å²) in [6.07, 6.45) is 0. The van der Waals surface area contributed by atoms with E-state index in [4.69, 9.17) is 16.2 Å². The molecule has 1 unspecified atom stereocenters. The summed E-state index contributed by atoms with van der Waals surface area (Å²) in [7, 11) is 1.56. The van der Waals surface area contributed by atoms with Gasteiger partial charge in [0.2, 0.25) is 5.91 Å². The molecule has 1 aromatic heterocycles. The number of methoxy groups -OCH3 is 1. The normalized spacial score (nSPS) is 11.5. The van der Waals surface area contributed by atoms with E-state index in [0.29, 0.717) is 12.3 Å². The van der Waals surface area contributed by atoms with Gasteiger partial charge in [0.1, 0.15) is 16.7 Å². The number of primary amides is 1. The highest BCUT2D eigenvalue weighted by Gasteiger charge is 2.31. The predicted molar refractivity (Wildman–Crippen MR) is 126 cm³/mol. The van der Waals surface area contributed by atoms with Crippen molar-refractivity contribution >= 4 is 34.9 Å². The molecule has 33 heavy (non-hydrogen) atoms. The summed E-state index contributed by atoms with van der Waals surface area (Å²) >= 11 is 0.778. The molecule has 0 saturated carbocycles. The lowest BCUT2D eigenvalue weighted by Gasteiger charge is -2.28. The number of carbonyl (C=O) groups is 3. The SMILES string of the molecule is COc1ccc(CN(C(=O)c2snc(C(N)=O)c2N)C(C)C(=O)NCc2ccccc2)cc1. The molecule has 0 saturated heterocycles. The van der Waals surface area contributed by atoms with Crippen LogP contribution in [0, 0.1) is 0 Å². The van der Waals surface area contributed by atoms with Crippen molar-refractivity contribution in [1.82, 2.24) is 14.6 Å². The van der Waals surface area contributed by atoms with Crippen LogP contribution in [-0.2, 0) is 17.9 Å². The average Bonchev–Trinajstić information content (AvgIpc) is 3.22. The third-order valence-corrected chi connectivity index (χ3v) is 5.94. The third-order valence-electron chi connectivity index (χ3n) is 5.08. The maximum absolute atomic E-state index is 13.4. The van der Waals surface area contributed by atoms with Crippen molar-refractivity contribution in [1.29, 1.82) is 0 Å². The second-order valence-electron chi connectivity index (χ2n) is 7.30. The van der Waals surface area contributed by atoms with Crippen molar-refractivity contribution < 1.29 is 19.1 Å². The highest BCUT2D eigenvalue weighted by atomic mass is 32.1. The van der Waals surface area contributed by atoms with Gasteiger partial charge >= 0.3 is 0 Å². The molecule has 1 atom stereocenters. The molecule has 1 heterocycles. The van der Waals surface area contributed by atoms with Gasteiger partial charge in [-0.3, -0.25) is 14.4 Å². The van der Waals surface area contributed by atoms with E-state index in [1.807, 2.05) is 30.3 Å². The molecule has 0 spiro atoms. The fourth-order valence-corrected chi connectivity index (χ4v) is 3.91. The van der Waals surface area contributed by atoms with Gasteiger partial charge in [0.15, 0.2) is 5.69 Å². The predicted octanol–water partition coefficient (Wildman–Crippen LogP) is 2.18. The minimum atomic E-state index is -0.832. The van der Waals surface area contributed by atoms with Crippen LogP contribution in [0.2, 0.25) is 0 Å². The van der Waals surface area contributed by atoms with E-state index in [1.54, 1.807) is 38.3 Å². The fraction of sp³-hybridized carbons (Fsp3) is 0.217. The van der Waals surface area contributed by atoms with Crippen LogP contribution >= 0.6 is 11.5 Å². The van der Waals surface area contributed by atoms with Gasteiger partial charge in [0, 0.05) is 13.1 Å². The van der Waals surface area contributed by atoms with Crippen molar-refractivity contribution in [2.75, 3.05) is 12.8 Å². The Morgan fingerprint density at radius 3 is 2.33 bits per heavy atom. The van der Waals surface area contributed by atoms with E-state index in [-0.39, 0.29) is 28.7 Å². The molecule has 0 bridgehead atoms. The third kappa shape index (κ3) is 5.66. The minimum Gasteiger partial charge on any atom is -0.497 e. The van der Waals surface area contributed by atoms with Gasteiger partial charge in [0.05, 0.1) is 12.8 Å². The Hall–Kier alpha value is -3.92. The molecule has 2 aromatic carbocycles. The number of nitrogen functional groups attached to an aromatic ring is 1. The van der Waals surface area contributed by atoms with Crippen molar-refractivity contribution in [2.45, 2.75) is 26.1 Å². The lowest BCUT2D eigenvalue weighted by Crippen LogP contribution is -2.47. The molecule has 0 aliphatic heterocycles. The summed E-state index contributed by atoms with van der Waals surface area (Å²) in [4.78, 5) is 39.3. The molecule has 3 amide bonds. The number of amides is 3. The van der Waals surface area contributed by atoms with E-state index in [9.17, 15) is 14.4 Å². The summed E-state index contributed by atoms with van der Waals surface area (Å²) in [5.41, 5.74) is 12.7. The fourth-order valence-electron chi connectivity index (χ4n) is 3.15. The number of ether oxygens (including phenoxy) is 1. The van der Waals surface area contributed by atoms with E-state index in [1.165, 1.54) is 4.90 Å². The van der Waals surface area contributed by atoms with Gasteiger partial charge in [-0.25, -0.2) is 0 Å². The van der Waals surface area contributed by atoms with Crippen LogP contribution in [0.4, 0.5) is 5.69 Å². The molecule has 3 aromatic rings. The Morgan fingerprint density at radius 1 is 1.09 bits per heavy atom. The van der Waals surface area contributed by atoms with Crippen LogP contribution in [0.1, 0.15) is 38.2 Å². The Bertz CT molecular complexity index is 1130. The summed E-state index contributed by atoms with van der Waals surface area (Å²) in [5.74, 6) is -1.00. The van der Waals surface area contributed by atoms with E-state index in [2.05, 4.69) is 9.69 Å². The van der Waals surface area contributed by atoms with Gasteiger partial charge in [-0.2, -0.15) is 4.37 Å². The first kappa shape index (κ1) is 23.7. The van der Waals surface area contributed by atoms with Crippen molar-refractivity contribution in [2.24, 2.45) is 5.73 Å². The summed E-state index contributed by atoms with van der Waals surface area (Å²) < 4.78 is 9.09. The maximum atomic E-state index is 13.4. The lowest BCUT2D eigenvalue weighted by atomic mass is 10.1. The Balaban J connectivity index is 1.85. The van der Waals surface area contributed by atoms with Crippen LogP contribution in [-0.4, -0.2) is 40.1 Å². The molecule has 9 nitrogen and oxygen atoms in total. The number of hydrogen-bond acceptors (Lipinski definition) is 7. The van der Waals surface area contributed by atoms with Gasteiger partial charge in [-0.1, -0.05) is 42.5 Å². The first-order chi connectivity index (χ1) is 15.8. The molecule has 0 radical (unpaired) electrons. The largest absolute Gasteiger partial charge is 0.497 e. The van der Waals surface area contributed by atoms with Crippen LogP contribution in [0.5, 0.6) is 5.75 Å². The zero-order chi connectivity index (χ0) is 24.0. The molecular formula is C23H25N5O4S. The number of nitrogens with zero attached hydrogens (tertiary/aromatic N) is 2. The number of carbonyl (C=O) groups excluding carboxylic acids is 3. The van der Waals surface area contributed by atoms with Gasteiger partial charge in [-0.15, -0.1) is 0 Å². The number of hydrogen-bond donors (Lipinski definition) is 3. The number of benzene rings is 2. The zero-order valence-corrected chi connectivity index (χ0v) is 19.1. The van der Waals surface area contributed by atoms with Crippen molar-refractivity contribution in [3.05, 3.63) is 76.3 Å². The minimum absolute atomic E-state index is 0.0556. The molecule has 3 rings (SSSR count). The van der Waals surface area contributed by atoms with Crippen molar-refractivity contribution in [3.8, 4) is 5.75 Å². The topological polar surface area (TPSA) is 141 Å². The Morgan fingerprint density at radius 2 is 1.76 bits per heavy atom. The summed E-state index contributed by atoms with van der Waals surface area (Å²) in [5, 5.41) is 2.86. The first-order valence-electron chi connectivity index (χ1n) is 10.1. The molecule has 0 aliphatic rings. The molecule has 0 fully saturated rings. The molecular weight excluding hydrogens is 442 g/mol. The van der Waals surface area contributed by atoms with Crippen LogP contribution in [0.15, 0.2) is 54.6 Å². The van der Waals surface area contributed by atoms with Crippen LogP contribution in [0.25, 0.3) is 0 Å². The summed E-state index contributed by atoms with van der Waals surface area (Å²) in [6.45, 7) is 2.09. The zero-order valence-electron chi connectivity index (χ0n) is 18.3. The molecule has 5 N–H and O–H groups in total. The lowest BCUT2D eigenvalue weighted by molar-refractivity contribution is -0.125. The molecule has 0 aliphatic carbocycles. The van der Waals surface area contributed by atoms with E-state index in [0.717, 1.165) is 22.7 Å². The maximum Gasteiger partial charge on any atom is 0.270 e. The Kier molecular flexibility index (Phi) is 7.62. The standard InChI is InChI=1S/C23H25N5O4S/c1-14(22(30)26-12-15-6-4-3-5-7-15)28(13-16-8-10-17(32-2)11-9-16)23(31)20-18(24)19(21(25)29)27-33-20/h3-11,14H,12-13,24H2,1-2H3,(H2,25,29)(H,26,30). The number of rotatable bonds is 9. The first-order valence-corrected chi connectivity index (χ1v) is 10.9. The molecule has 172 valence electrons. The second-order valence-corrected chi connectivity index (χ2v) is 8.07. The highest BCUT2D eigenvalue weighted by Crippen LogP contribution is 2.25. The summed E-state index contributed by atoms with van der Waals surface area (Å²) in [6, 6.07) is 15.8. The smallest absolute Gasteiger partial charge is 0.270 e. The van der Waals surface area contributed by atoms with Gasteiger partial charge in [-0.05, 0) is 41.7 Å². The number of aromatic nitrogens is 1. The highest BCUT2D eigenvalue weighted by molar-refractivity contribution is 7.09. The Labute approximate surface area is 195 Å². The van der Waals surface area contributed by atoms with E-state index >= 15 is 0 Å². The monoisotopic (exact) mass is 467 g/mol. The molecule has 10 heteroatoms. The number of anilines is 1. The number of nitrogens with two attached hydrogens (primary N) is 2. The van der Waals surface area contributed by atoms with Gasteiger partial charge < -0.3 is 26.4 Å².